The van der Waals surface area contributed by atoms with Gasteiger partial charge in [0.2, 0.25) is 0 Å². The fourth-order valence-electron chi connectivity index (χ4n) is 2.67. The number of piperidine rings is 1. The van der Waals surface area contributed by atoms with Gasteiger partial charge in [-0.2, -0.15) is 0 Å². The highest BCUT2D eigenvalue weighted by Gasteiger charge is 2.22. The van der Waals surface area contributed by atoms with E-state index in [-0.39, 0.29) is 0 Å². The Labute approximate surface area is 134 Å². The fraction of sp³-hybridized carbons (Fsp3) is 0.571. The van der Waals surface area contributed by atoms with Crippen molar-refractivity contribution in [3.8, 4) is 0 Å². The fourth-order valence-corrected chi connectivity index (χ4v) is 3.02. The summed E-state index contributed by atoms with van der Waals surface area (Å²) in [5.74, 6) is 1.01. The second-order valence-electron chi connectivity index (χ2n) is 5.24. The van der Waals surface area contributed by atoms with Crippen LogP contribution in [0.25, 0.3) is 0 Å². The Kier molecular flexibility index (Phi) is 4.89. The number of thioether (sulfide) groups is 1. The molecule has 7 nitrogen and oxygen atoms in total. The molecule has 2 aromatic heterocycles. The summed E-state index contributed by atoms with van der Waals surface area (Å²) in [6.07, 6.45) is 7.88. The lowest BCUT2D eigenvalue weighted by molar-refractivity contribution is 0.181. The third kappa shape index (κ3) is 3.38. The lowest BCUT2D eigenvalue weighted by Gasteiger charge is -2.32. The van der Waals surface area contributed by atoms with E-state index in [4.69, 9.17) is 4.74 Å². The monoisotopic (exact) mass is 320 g/mol. The van der Waals surface area contributed by atoms with Crippen LogP contribution >= 0.6 is 11.8 Å². The van der Waals surface area contributed by atoms with Crippen LogP contribution in [0.5, 0.6) is 0 Å². The summed E-state index contributed by atoms with van der Waals surface area (Å²) in [6, 6.07) is 2.38. The Morgan fingerprint density at radius 3 is 2.91 bits per heavy atom. The van der Waals surface area contributed by atoms with E-state index in [0.717, 1.165) is 42.6 Å². The molecule has 0 atom stereocenters. The second kappa shape index (κ2) is 7.06. The molecule has 0 radical (unpaired) electrons. The summed E-state index contributed by atoms with van der Waals surface area (Å²) in [5, 5.41) is 9.17. The molecule has 0 unspecified atom stereocenters. The van der Waals surface area contributed by atoms with E-state index in [1.54, 1.807) is 18.9 Å². The molecule has 0 bridgehead atoms. The van der Waals surface area contributed by atoms with Gasteiger partial charge in [0.1, 0.15) is 11.5 Å². The van der Waals surface area contributed by atoms with Gasteiger partial charge in [-0.25, -0.2) is 14.6 Å². The normalized spacial score (nSPS) is 16.2. The summed E-state index contributed by atoms with van der Waals surface area (Å²) in [5.41, 5.74) is 0.880. The van der Waals surface area contributed by atoms with Crippen LogP contribution in [0.4, 0.5) is 5.82 Å². The zero-order valence-electron chi connectivity index (χ0n) is 12.8. The topological polar surface area (TPSA) is 69.0 Å². The zero-order valence-corrected chi connectivity index (χ0v) is 13.7. The van der Waals surface area contributed by atoms with Crippen molar-refractivity contribution >= 4 is 17.6 Å². The van der Waals surface area contributed by atoms with E-state index < -0.39 is 0 Å². The van der Waals surface area contributed by atoms with E-state index in [9.17, 15) is 0 Å². The standard InChI is InChI=1S/C14H20N6OS/c1-21-10-11-9-20(18-17-11)12-4-7-19(8-5-12)13-3-6-15-14(16-13)22-2/h3,6,9,12H,4-5,7-8,10H2,1-2H3. The van der Waals surface area contributed by atoms with Crippen LogP contribution in [-0.4, -0.2) is 51.4 Å². The summed E-state index contributed by atoms with van der Waals surface area (Å²) < 4.78 is 7.06. The van der Waals surface area contributed by atoms with E-state index in [2.05, 4.69) is 25.2 Å². The molecule has 8 heteroatoms. The van der Waals surface area contributed by atoms with Crippen LogP contribution in [0.15, 0.2) is 23.6 Å². The van der Waals surface area contributed by atoms with Gasteiger partial charge in [0.25, 0.3) is 0 Å². The molecular weight excluding hydrogens is 300 g/mol. The van der Waals surface area contributed by atoms with E-state index >= 15 is 0 Å². The molecule has 1 fully saturated rings. The molecule has 0 aromatic carbocycles. The zero-order chi connectivity index (χ0) is 15.4. The molecule has 0 saturated carbocycles. The van der Waals surface area contributed by atoms with Gasteiger partial charge < -0.3 is 9.64 Å². The Morgan fingerprint density at radius 2 is 2.18 bits per heavy atom. The maximum Gasteiger partial charge on any atom is 0.189 e. The van der Waals surface area contributed by atoms with E-state index in [1.165, 1.54) is 0 Å². The van der Waals surface area contributed by atoms with Crippen molar-refractivity contribution < 1.29 is 4.74 Å². The van der Waals surface area contributed by atoms with Crippen molar-refractivity contribution in [2.24, 2.45) is 0 Å². The van der Waals surface area contributed by atoms with Gasteiger partial charge in [0, 0.05) is 26.4 Å². The third-order valence-corrected chi connectivity index (χ3v) is 4.38. The summed E-state index contributed by atoms with van der Waals surface area (Å²) >= 11 is 1.57. The van der Waals surface area contributed by atoms with Gasteiger partial charge in [-0.05, 0) is 25.2 Å². The Bertz CT molecular complexity index is 611. The molecule has 0 aliphatic carbocycles. The number of methoxy groups -OCH3 is 1. The minimum absolute atomic E-state index is 0.399. The highest BCUT2D eigenvalue weighted by atomic mass is 32.2. The van der Waals surface area contributed by atoms with Crippen molar-refractivity contribution in [3.05, 3.63) is 24.2 Å². The first-order chi connectivity index (χ1) is 10.8. The van der Waals surface area contributed by atoms with Gasteiger partial charge in [-0.3, -0.25) is 0 Å². The molecule has 118 valence electrons. The number of hydrogen-bond acceptors (Lipinski definition) is 7. The molecule has 2 aromatic rings. The van der Waals surface area contributed by atoms with Gasteiger partial charge in [-0.1, -0.05) is 17.0 Å². The first kappa shape index (κ1) is 15.2. The van der Waals surface area contributed by atoms with Crippen LogP contribution in [0.1, 0.15) is 24.6 Å². The van der Waals surface area contributed by atoms with Gasteiger partial charge in [-0.15, -0.1) is 5.10 Å². The van der Waals surface area contributed by atoms with Crippen LogP contribution in [0.3, 0.4) is 0 Å². The molecule has 1 aliphatic heterocycles. The lowest BCUT2D eigenvalue weighted by atomic mass is 10.1. The number of rotatable bonds is 5. The molecular formula is C14H20N6OS. The van der Waals surface area contributed by atoms with Gasteiger partial charge in [0.15, 0.2) is 5.16 Å². The van der Waals surface area contributed by atoms with E-state index in [0.29, 0.717) is 12.6 Å². The highest BCUT2D eigenvalue weighted by molar-refractivity contribution is 7.98. The molecule has 0 amide bonds. The molecule has 3 rings (SSSR count). The quantitative estimate of drug-likeness (QED) is 0.614. The molecule has 1 saturated heterocycles. The number of anilines is 1. The van der Waals surface area contributed by atoms with Crippen LogP contribution in [0.2, 0.25) is 0 Å². The number of hydrogen-bond donors (Lipinski definition) is 0. The lowest BCUT2D eigenvalue weighted by Crippen LogP contribution is -2.35. The first-order valence-corrected chi connectivity index (χ1v) is 8.54. The predicted molar refractivity (Wildman–Crippen MR) is 85.0 cm³/mol. The van der Waals surface area contributed by atoms with Crippen molar-refractivity contribution in [3.63, 3.8) is 0 Å². The number of ether oxygens (including phenoxy) is 1. The smallest absolute Gasteiger partial charge is 0.189 e. The van der Waals surface area contributed by atoms with Gasteiger partial charge >= 0.3 is 0 Å². The van der Waals surface area contributed by atoms with Crippen molar-refractivity contribution in [2.45, 2.75) is 30.6 Å². The highest BCUT2D eigenvalue weighted by Crippen LogP contribution is 2.25. The second-order valence-corrected chi connectivity index (χ2v) is 6.02. The third-order valence-electron chi connectivity index (χ3n) is 3.81. The van der Waals surface area contributed by atoms with Crippen LogP contribution in [0, 0.1) is 0 Å². The van der Waals surface area contributed by atoms with Crippen molar-refractivity contribution in [1.82, 2.24) is 25.0 Å². The SMILES string of the molecule is COCc1cn(C2CCN(c3ccnc(SC)n3)CC2)nn1. The molecule has 3 heterocycles. The van der Waals surface area contributed by atoms with Crippen molar-refractivity contribution in [1.29, 1.82) is 0 Å². The summed E-state index contributed by atoms with van der Waals surface area (Å²) in [7, 11) is 1.67. The number of nitrogens with zero attached hydrogens (tertiary/aromatic N) is 6. The summed E-state index contributed by atoms with van der Waals surface area (Å²) in [6.45, 7) is 2.45. The maximum atomic E-state index is 5.09. The molecule has 22 heavy (non-hydrogen) atoms. The number of aromatic nitrogens is 5. The average molecular weight is 320 g/mol. The minimum atomic E-state index is 0.399. The molecule has 0 spiro atoms. The largest absolute Gasteiger partial charge is 0.378 e. The average Bonchev–Trinajstić information content (AvgIpc) is 3.04. The first-order valence-electron chi connectivity index (χ1n) is 7.32. The molecule has 1 aliphatic rings. The minimum Gasteiger partial charge on any atom is -0.378 e. The van der Waals surface area contributed by atoms with Crippen LogP contribution in [-0.2, 0) is 11.3 Å². The summed E-state index contributed by atoms with van der Waals surface area (Å²) in [4.78, 5) is 11.1. The Morgan fingerprint density at radius 1 is 1.36 bits per heavy atom. The maximum absolute atomic E-state index is 5.09. The van der Waals surface area contributed by atoms with Gasteiger partial charge in [0.05, 0.1) is 18.8 Å². The Balaban J connectivity index is 1.61. The predicted octanol–water partition coefficient (Wildman–Crippen LogP) is 1.78. The Hall–Kier alpha value is -1.67. The van der Waals surface area contributed by atoms with Crippen molar-refractivity contribution in [2.75, 3.05) is 31.4 Å². The van der Waals surface area contributed by atoms with Crippen LogP contribution < -0.4 is 4.90 Å². The van der Waals surface area contributed by atoms with E-state index in [1.807, 2.05) is 29.4 Å². The molecule has 0 N–H and O–H groups in total.